The molecule has 0 heterocycles. The number of amides is 1. The first kappa shape index (κ1) is 13.5. The number of phenols is 1. The Morgan fingerprint density at radius 1 is 1.47 bits per heavy atom. The first-order chi connectivity index (χ1) is 8.06. The molecule has 0 radical (unpaired) electrons. The van der Waals surface area contributed by atoms with Gasteiger partial charge in [-0.05, 0) is 31.4 Å². The summed E-state index contributed by atoms with van der Waals surface area (Å²) in [7, 11) is 0. The molecule has 1 rings (SSSR count). The third-order valence-electron chi connectivity index (χ3n) is 2.78. The Balaban J connectivity index is 2.61. The van der Waals surface area contributed by atoms with Gasteiger partial charge in [-0.2, -0.15) is 0 Å². The van der Waals surface area contributed by atoms with Gasteiger partial charge in [0, 0.05) is 24.3 Å². The number of phenolic OH excluding ortho intramolecular Hbond substituents is 1. The number of carbonyl (C=O) groups excluding carboxylic acids is 1. The zero-order valence-electron chi connectivity index (χ0n) is 10.2. The Morgan fingerprint density at radius 3 is 2.82 bits per heavy atom. The van der Waals surface area contributed by atoms with Crippen LogP contribution in [0.15, 0.2) is 18.2 Å². The second-order valence-electron chi connectivity index (χ2n) is 4.28. The van der Waals surface area contributed by atoms with Crippen LogP contribution in [-0.4, -0.2) is 29.3 Å². The standard InChI is InChI=1S/C13H19NO3/c1-9(6-7-15)8-14-13(17)11-4-3-5-12(16)10(11)2/h3-5,9,15-16H,6-8H2,1-2H3,(H,14,17). The van der Waals surface area contributed by atoms with Crippen molar-refractivity contribution in [2.75, 3.05) is 13.2 Å². The van der Waals surface area contributed by atoms with E-state index in [9.17, 15) is 9.90 Å². The fourth-order valence-corrected chi connectivity index (χ4v) is 1.55. The number of carbonyl (C=O) groups is 1. The van der Waals surface area contributed by atoms with Gasteiger partial charge in [-0.3, -0.25) is 4.79 Å². The Morgan fingerprint density at radius 2 is 2.18 bits per heavy atom. The molecule has 94 valence electrons. The van der Waals surface area contributed by atoms with Gasteiger partial charge in [-0.25, -0.2) is 0 Å². The van der Waals surface area contributed by atoms with E-state index in [1.165, 1.54) is 0 Å². The SMILES string of the molecule is Cc1c(O)cccc1C(=O)NCC(C)CCO. The first-order valence-electron chi connectivity index (χ1n) is 5.74. The van der Waals surface area contributed by atoms with Crippen molar-refractivity contribution in [3.63, 3.8) is 0 Å². The van der Waals surface area contributed by atoms with Gasteiger partial charge in [0.25, 0.3) is 5.91 Å². The van der Waals surface area contributed by atoms with Gasteiger partial charge in [0.05, 0.1) is 0 Å². The molecular weight excluding hydrogens is 218 g/mol. The molecule has 0 bridgehead atoms. The molecule has 3 N–H and O–H groups in total. The van der Waals surface area contributed by atoms with Crippen molar-refractivity contribution in [3.8, 4) is 5.75 Å². The number of hydrogen-bond donors (Lipinski definition) is 3. The van der Waals surface area contributed by atoms with Crippen LogP contribution in [0.1, 0.15) is 29.3 Å². The molecule has 1 unspecified atom stereocenters. The van der Waals surface area contributed by atoms with E-state index < -0.39 is 0 Å². The second kappa shape index (κ2) is 6.25. The van der Waals surface area contributed by atoms with Crippen molar-refractivity contribution in [2.24, 2.45) is 5.92 Å². The zero-order chi connectivity index (χ0) is 12.8. The van der Waals surface area contributed by atoms with Crippen LogP contribution in [0.2, 0.25) is 0 Å². The summed E-state index contributed by atoms with van der Waals surface area (Å²) in [6.45, 7) is 4.32. The number of aliphatic hydroxyl groups excluding tert-OH is 1. The molecule has 4 heteroatoms. The monoisotopic (exact) mass is 237 g/mol. The molecule has 0 saturated heterocycles. The van der Waals surface area contributed by atoms with Crippen LogP contribution in [0.25, 0.3) is 0 Å². The fourth-order valence-electron chi connectivity index (χ4n) is 1.55. The molecule has 1 atom stereocenters. The average Bonchev–Trinajstić information content (AvgIpc) is 2.30. The van der Waals surface area contributed by atoms with Crippen LogP contribution >= 0.6 is 0 Å². The average molecular weight is 237 g/mol. The predicted molar refractivity (Wildman–Crippen MR) is 66.0 cm³/mol. The van der Waals surface area contributed by atoms with E-state index in [-0.39, 0.29) is 24.2 Å². The summed E-state index contributed by atoms with van der Waals surface area (Å²) >= 11 is 0. The largest absolute Gasteiger partial charge is 0.508 e. The van der Waals surface area contributed by atoms with Crippen LogP contribution in [0, 0.1) is 12.8 Å². The summed E-state index contributed by atoms with van der Waals surface area (Å²) in [4.78, 5) is 11.8. The Labute approximate surface area is 101 Å². The second-order valence-corrected chi connectivity index (χ2v) is 4.28. The molecule has 0 spiro atoms. The van der Waals surface area contributed by atoms with Crippen LogP contribution in [0.4, 0.5) is 0 Å². The minimum atomic E-state index is -0.191. The van der Waals surface area contributed by atoms with Gasteiger partial charge in [0.2, 0.25) is 0 Å². The molecule has 1 aromatic carbocycles. The minimum absolute atomic E-state index is 0.126. The molecule has 0 aliphatic heterocycles. The zero-order valence-corrected chi connectivity index (χ0v) is 10.2. The molecule has 0 saturated carbocycles. The van der Waals surface area contributed by atoms with E-state index >= 15 is 0 Å². The molecule has 0 aliphatic rings. The normalized spacial score (nSPS) is 12.2. The number of rotatable bonds is 5. The Bertz CT molecular complexity index is 390. The lowest BCUT2D eigenvalue weighted by atomic mass is 10.1. The van der Waals surface area contributed by atoms with Crippen molar-refractivity contribution in [3.05, 3.63) is 29.3 Å². The number of aliphatic hydroxyl groups is 1. The molecule has 1 amide bonds. The van der Waals surface area contributed by atoms with Crippen molar-refractivity contribution in [2.45, 2.75) is 20.3 Å². The van der Waals surface area contributed by atoms with Crippen molar-refractivity contribution in [1.29, 1.82) is 0 Å². The molecule has 0 aliphatic carbocycles. The summed E-state index contributed by atoms with van der Waals surface area (Å²) in [5.74, 6) is 0.172. The summed E-state index contributed by atoms with van der Waals surface area (Å²) in [5.41, 5.74) is 1.07. The summed E-state index contributed by atoms with van der Waals surface area (Å²) in [6.07, 6.45) is 0.666. The minimum Gasteiger partial charge on any atom is -0.508 e. The predicted octanol–water partition coefficient (Wildman–Crippen LogP) is 1.45. The third-order valence-corrected chi connectivity index (χ3v) is 2.78. The van der Waals surface area contributed by atoms with Crippen LogP contribution in [-0.2, 0) is 0 Å². The maximum absolute atomic E-state index is 11.8. The molecule has 1 aromatic rings. The highest BCUT2D eigenvalue weighted by molar-refractivity contribution is 5.96. The quantitative estimate of drug-likeness (QED) is 0.726. The van der Waals surface area contributed by atoms with Gasteiger partial charge < -0.3 is 15.5 Å². The van der Waals surface area contributed by atoms with Crippen LogP contribution in [0.3, 0.4) is 0 Å². The third kappa shape index (κ3) is 3.75. The number of aromatic hydroxyl groups is 1. The van der Waals surface area contributed by atoms with Gasteiger partial charge in [-0.15, -0.1) is 0 Å². The van der Waals surface area contributed by atoms with E-state index in [1.54, 1.807) is 25.1 Å². The summed E-state index contributed by atoms with van der Waals surface area (Å²) < 4.78 is 0. The molecule has 0 fully saturated rings. The summed E-state index contributed by atoms with van der Waals surface area (Å²) in [6, 6.07) is 4.88. The van der Waals surface area contributed by atoms with Gasteiger partial charge in [-0.1, -0.05) is 13.0 Å². The van der Waals surface area contributed by atoms with Crippen molar-refractivity contribution >= 4 is 5.91 Å². The van der Waals surface area contributed by atoms with Gasteiger partial charge in [0.15, 0.2) is 0 Å². The maximum Gasteiger partial charge on any atom is 0.251 e. The van der Waals surface area contributed by atoms with Crippen molar-refractivity contribution in [1.82, 2.24) is 5.32 Å². The lowest BCUT2D eigenvalue weighted by Gasteiger charge is -2.12. The van der Waals surface area contributed by atoms with E-state index in [0.29, 0.717) is 24.1 Å². The fraction of sp³-hybridized carbons (Fsp3) is 0.462. The van der Waals surface area contributed by atoms with E-state index in [0.717, 1.165) is 0 Å². The highest BCUT2D eigenvalue weighted by Crippen LogP contribution is 2.19. The molecule has 4 nitrogen and oxygen atoms in total. The highest BCUT2D eigenvalue weighted by atomic mass is 16.3. The van der Waals surface area contributed by atoms with Crippen LogP contribution in [0.5, 0.6) is 5.75 Å². The Kier molecular flexibility index (Phi) is 4.97. The van der Waals surface area contributed by atoms with Gasteiger partial charge in [0.1, 0.15) is 5.75 Å². The molecule has 0 aromatic heterocycles. The van der Waals surface area contributed by atoms with E-state index in [4.69, 9.17) is 5.11 Å². The summed E-state index contributed by atoms with van der Waals surface area (Å²) in [5, 5.41) is 21.0. The number of benzene rings is 1. The Hall–Kier alpha value is -1.55. The van der Waals surface area contributed by atoms with E-state index in [1.807, 2.05) is 6.92 Å². The van der Waals surface area contributed by atoms with E-state index in [2.05, 4.69) is 5.32 Å². The maximum atomic E-state index is 11.8. The number of nitrogens with one attached hydrogen (secondary N) is 1. The molecule has 17 heavy (non-hydrogen) atoms. The van der Waals surface area contributed by atoms with Gasteiger partial charge >= 0.3 is 0 Å². The molecular formula is C13H19NO3. The smallest absolute Gasteiger partial charge is 0.251 e. The lowest BCUT2D eigenvalue weighted by molar-refractivity contribution is 0.0944. The highest BCUT2D eigenvalue weighted by Gasteiger charge is 2.11. The topological polar surface area (TPSA) is 69.6 Å². The first-order valence-corrected chi connectivity index (χ1v) is 5.74. The van der Waals surface area contributed by atoms with Crippen molar-refractivity contribution < 1.29 is 15.0 Å². The van der Waals surface area contributed by atoms with Crippen LogP contribution < -0.4 is 5.32 Å². The number of hydrogen-bond acceptors (Lipinski definition) is 3. The lowest BCUT2D eigenvalue weighted by Crippen LogP contribution is -2.29.